The van der Waals surface area contributed by atoms with Crippen LogP contribution in [0.25, 0.3) is 11.1 Å². The van der Waals surface area contributed by atoms with Gasteiger partial charge in [0.2, 0.25) is 0 Å². The third kappa shape index (κ3) is 7.98. The molecule has 0 unspecified atom stereocenters. The van der Waals surface area contributed by atoms with E-state index in [1.165, 1.54) is 6.42 Å². The molecule has 10 heteroatoms. The first kappa shape index (κ1) is 37.8. The van der Waals surface area contributed by atoms with Crippen LogP contribution in [0.15, 0.2) is 66.7 Å². The lowest BCUT2D eigenvalue weighted by molar-refractivity contribution is -0.0890. The summed E-state index contributed by atoms with van der Waals surface area (Å²) < 4.78 is 31.1. The molecule has 2 heterocycles. The molecule has 5 atom stereocenters. The second-order valence-corrected chi connectivity index (χ2v) is 14.9. The summed E-state index contributed by atoms with van der Waals surface area (Å²) in [5.41, 5.74) is 5.44. The minimum Gasteiger partial charge on any atom is -0.508 e. The highest BCUT2D eigenvalue weighted by Crippen LogP contribution is 2.52. The normalized spacial score (nSPS) is 22.4. The summed E-state index contributed by atoms with van der Waals surface area (Å²) in [6.45, 7) is 1.29. The van der Waals surface area contributed by atoms with Gasteiger partial charge in [0.05, 0.1) is 32.0 Å². The highest BCUT2D eigenvalue weighted by atomic mass is 16.5. The summed E-state index contributed by atoms with van der Waals surface area (Å²) in [6, 6.07) is 19.8. The maximum absolute atomic E-state index is 12.3. The molecule has 3 aliphatic rings. The van der Waals surface area contributed by atoms with Crippen molar-refractivity contribution in [1.82, 2.24) is 5.32 Å². The molecule has 4 aromatic carbocycles. The number of aliphatic hydroxyl groups is 2. The van der Waals surface area contributed by atoms with Crippen LogP contribution in [0.5, 0.6) is 34.5 Å². The maximum Gasteiger partial charge on any atom is 0.128 e. The molecule has 0 saturated heterocycles. The second kappa shape index (κ2) is 16.9. The van der Waals surface area contributed by atoms with Crippen LogP contribution < -0.4 is 24.3 Å². The maximum atomic E-state index is 12.3. The summed E-state index contributed by atoms with van der Waals surface area (Å²) in [5.74, 6) is 1.72. The molecular weight excluding hydrogens is 686 g/mol. The van der Waals surface area contributed by atoms with E-state index in [1.54, 1.807) is 50.6 Å². The van der Waals surface area contributed by atoms with Gasteiger partial charge in [-0.25, -0.2) is 0 Å². The Morgan fingerprint density at radius 3 is 2.41 bits per heavy atom. The average Bonchev–Trinajstić information content (AvgIpc) is 3.17. The zero-order valence-corrected chi connectivity index (χ0v) is 31.4. The molecule has 1 saturated carbocycles. The molecule has 288 valence electrons. The minimum atomic E-state index is -1.01. The van der Waals surface area contributed by atoms with Crippen LogP contribution in [-0.2, 0) is 17.7 Å². The average molecular weight is 740 g/mol. The molecule has 0 amide bonds. The fraction of sp³-hybridized carbons (Fsp3) is 0.455. The van der Waals surface area contributed by atoms with Gasteiger partial charge >= 0.3 is 0 Å². The molecule has 1 fully saturated rings. The number of aliphatic hydroxyl groups excluding tert-OH is 2. The number of rotatable bonds is 13. The van der Waals surface area contributed by atoms with Gasteiger partial charge in [-0.3, -0.25) is 0 Å². The van der Waals surface area contributed by atoms with Gasteiger partial charge in [0.1, 0.15) is 40.6 Å². The first-order valence-corrected chi connectivity index (χ1v) is 19.2. The van der Waals surface area contributed by atoms with Crippen LogP contribution in [0.2, 0.25) is 0 Å². The summed E-state index contributed by atoms with van der Waals surface area (Å²) in [5, 5.41) is 48.6. The molecule has 1 aliphatic carbocycles. The number of aromatic hydroxyl groups is 2. The molecule has 2 aliphatic heterocycles. The Morgan fingerprint density at radius 1 is 0.833 bits per heavy atom. The highest BCUT2D eigenvalue weighted by molar-refractivity contribution is 5.70. The van der Waals surface area contributed by atoms with Crippen molar-refractivity contribution in [2.75, 3.05) is 34.5 Å². The summed E-state index contributed by atoms with van der Waals surface area (Å²) in [6.07, 6.45) is 5.00. The van der Waals surface area contributed by atoms with Crippen molar-refractivity contribution < 1.29 is 44.1 Å². The Morgan fingerprint density at radius 2 is 1.65 bits per heavy atom. The largest absolute Gasteiger partial charge is 0.508 e. The third-order valence-corrected chi connectivity index (χ3v) is 11.3. The standard InChI is InChI=1S/C44H53NO9/c1-45-24-29-21-40-35(23-39(29)53-32-11-5-4-6-12-32)43(49)41(38(54-40)13-8-16-50-2)37-25-52-44-28(20-33(51-3)22-36(44)42(37)48)17-27-19-31(47)14-15-34(27)26-9-7-10-30(46)18-26/h7,9-10,14-15,18-23,32,37-38,41-43,45-49H,4-6,8,11-13,16-17,24-25H2,1-3H3/t37-,38+,41+,42+,43-/m0/s1. The van der Waals surface area contributed by atoms with E-state index in [-0.39, 0.29) is 24.2 Å². The molecule has 5 N–H and O–H groups in total. The summed E-state index contributed by atoms with van der Waals surface area (Å²) >= 11 is 0. The number of ether oxygens (including phenoxy) is 5. The van der Waals surface area contributed by atoms with Crippen molar-refractivity contribution in [2.45, 2.75) is 82.3 Å². The van der Waals surface area contributed by atoms with Crippen LogP contribution in [0.1, 0.15) is 85.0 Å². The fourth-order valence-electron chi connectivity index (χ4n) is 8.63. The number of hydrogen-bond acceptors (Lipinski definition) is 10. The first-order valence-electron chi connectivity index (χ1n) is 19.2. The van der Waals surface area contributed by atoms with Crippen molar-refractivity contribution >= 4 is 0 Å². The molecule has 54 heavy (non-hydrogen) atoms. The van der Waals surface area contributed by atoms with E-state index >= 15 is 0 Å². The van der Waals surface area contributed by atoms with E-state index in [4.69, 9.17) is 23.7 Å². The predicted octanol–water partition coefficient (Wildman–Crippen LogP) is 7.37. The van der Waals surface area contributed by atoms with Gasteiger partial charge in [0, 0.05) is 60.8 Å². The SMILES string of the molecule is CNCc1cc2c(cc1OC1CCCCC1)[C@H](O)[C@H]([C@@H]1COc3c(Cc4cc(O)ccc4-c4cccc(O)c4)cc(OC)cc3[C@H]1O)[C@@H](CCCOC)O2. The van der Waals surface area contributed by atoms with E-state index in [1.807, 2.05) is 37.4 Å². The molecule has 0 bridgehead atoms. The van der Waals surface area contributed by atoms with Gasteiger partial charge in [-0.1, -0.05) is 24.6 Å². The van der Waals surface area contributed by atoms with Gasteiger partial charge < -0.3 is 49.4 Å². The van der Waals surface area contributed by atoms with E-state index in [2.05, 4.69) is 5.32 Å². The van der Waals surface area contributed by atoms with Crippen LogP contribution >= 0.6 is 0 Å². The molecule has 0 radical (unpaired) electrons. The lowest BCUT2D eigenvalue weighted by Crippen LogP contribution is -2.46. The monoisotopic (exact) mass is 739 g/mol. The molecule has 0 aromatic heterocycles. The zero-order chi connectivity index (χ0) is 37.8. The van der Waals surface area contributed by atoms with Crippen LogP contribution in [0.4, 0.5) is 0 Å². The number of hydrogen-bond donors (Lipinski definition) is 5. The van der Waals surface area contributed by atoms with E-state index in [9.17, 15) is 20.4 Å². The molecular formula is C44H53NO9. The number of fused-ring (bicyclic) bond motifs is 2. The number of methoxy groups -OCH3 is 2. The van der Waals surface area contributed by atoms with Crippen molar-refractivity contribution in [3.63, 3.8) is 0 Å². The number of benzene rings is 4. The molecule has 10 nitrogen and oxygen atoms in total. The van der Waals surface area contributed by atoms with E-state index in [0.717, 1.165) is 65.7 Å². The Balaban J connectivity index is 1.23. The van der Waals surface area contributed by atoms with Crippen LogP contribution in [0, 0.1) is 11.8 Å². The molecule has 0 spiro atoms. The van der Waals surface area contributed by atoms with Gasteiger partial charge in [-0.2, -0.15) is 0 Å². The van der Waals surface area contributed by atoms with Crippen molar-refractivity contribution in [3.05, 3.63) is 94.5 Å². The van der Waals surface area contributed by atoms with E-state index < -0.39 is 30.1 Å². The first-order chi connectivity index (χ1) is 26.3. The Labute approximate surface area is 317 Å². The highest BCUT2D eigenvalue weighted by Gasteiger charge is 2.48. The second-order valence-electron chi connectivity index (χ2n) is 14.9. The lowest BCUT2D eigenvalue weighted by atomic mass is 9.72. The molecule has 4 aromatic rings. The van der Waals surface area contributed by atoms with Crippen molar-refractivity contribution in [1.29, 1.82) is 0 Å². The number of phenolic OH excluding ortho intramolecular Hbond substituents is 2. The fourth-order valence-corrected chi connectivity index (χ4v) is 8.63. The number of phenols is 2. The van der Waals surface area contributed by atoms with Gasteiger partial charge in [0.25, 0.3) is 0 Å². The summed E-state index contributed by atoms with van der Waals surface area (Å²) in [4.78, 5) is 0. The van der Waals surface area contributed by atoms with Crippen LogP contribution in [-0.4, -0.2) is 67.1 Å². The third-order valence-electron chi connectivity index (χ3n) is 11.3. The predicted molar refractivity (Wildman–Crippen MR) is 206 cm³/mol. The quantitative estimate of drug-likeness (QED) is 0.0884. The number of nitrogens with one attached hydrogen (secondary N) is 1. The lowest BCUT2D eigenvalue weighted by Gasteiger charge is -2.45. The Bertz CT molecular complexity index is 1910. The minimum absolute atomic E-state index is 0.114. The zero-order valence-electron chi connectivity index (χ0n) is 31.4. The Kier molecular flexibility index (Phi) is 11.8. The smallest absolute Gasteiger partial charge is 0.128 e. The van der Waals surface area contributed by atoms with E-state index in [0.29, 0.717) is 54.4 Å². The molecule has 7 rings (SSSR count). The Hall–Kier alpha value is -4.48. The van der Waals surface area contributed by atoms with Gasteiger partial charge in [0.15, 0.2) is 0 Å². The summed E-state index contributed by atoms with van der Waals surface area (Å²) in [7, 11) is 5.16. The van der Waals surface area contributed by atoms with Crippen molar-refractivity contribution in [2.24, 2.45) is 11.8 Å². The van der Waals surface area contributed by atoms with Gasteiger partial charge in [-0.15, -0.1) is 0 Å². The van der Waals surface area contributed by atoms with Crippen molar-refractivity contribution in [3.8, 4) is 45.6 Å². The topological polar surface area (TPSA) is 139 Å². The van der Waals surface area contributed by atoms with Gasteiger partial charge in [-0.05, 0) is 111 Å². The van der Waals surface area contributed by atoms with Crippen LogP contribution in [0.3, 0.4) is 0 Å².